The van der Waals surface area contributed by atoms with Crippen LogP contribution >= 0.6 is 11.8 Å². The second-order valence-electron chi connectivity index (χ2n) is 4.36. The minimum atomic E-state index is 0.566. The molecular weight excluding hydrogens is 216 g/mol. The normalized spacial score (nSPS) is 20.5. The summed E-state index contributed by atoms with van der Waals surface area (Å²) in [5.74, 6) is 0. The first kappa shape index (κ1) is 13.6. The largest absolute Gasteiger partial charge is 0.378 e. The van der Waals surface area contributed by atoms with Gasteiger partial charge < -0.3 is 5.73 Å². The van der Waals surface area contributed by atoms with Crippen molar-refractivity contribution in [3.8, 4) is 0 Å². The average molecular weight is 240 g/mol. The van der Waals surface area contributed by atoms with E-state index in [1.54, 1.807) is 11.8 Å². The second-order valence-corrected chi connectivity index (χ2v) is 5.62. The predicted octanol–water partition coefficient (Wildman–Crippen LogP) is 4.07. The van der Waals surface area contributed by atoms with Gasteiger partial charge in [-0.15, -0.1) is 0 Å². The number of amidine groups is 1. The zero-order chi connectivity index (χ0) is 11.8. The summed E-state index contributed by atoms with van der Waals surface area (Å²) in [5.41, 5.74) is 7.07. The highest BCUT2D eigenvalue weighted by Crippen LogP contribution is 2.27. The van der Waals surface area contributed by atoms with Gasteiger partial charge in [0.05, 0.1) is 0 Å². The molecule has 0 amide bonds. The number of thioether (sulfide) groups is 1. The Balaban J connectivity index is 2.41. The first-order valence-corrected chi connectivity index (χ1v) is 7.35. The Kier molecular flexibility index (Phi) is 6.62. The molecule has 0 saturated heterocycles. The molecule has 0 radical (unpaired) electrons. The van der Waals surface area contributed by atoms with Crippen molar-refractivity contribution in [2.45, 2.75) is 64.0 Å². The Labute approximate surface area is 104 Å². The molecule has 2 nitrogen and oxygen atoms in total. The van der Waals surface area contributed by atoms with Gasteiger partial charge >= 0.3 is 0 Å². The van der Waals surface area contributed by atoms with Gasteiger partial charge in [-0.25, -0.2) is 4.99 Å². The summed E-state index contributed by atoms with van der Waals surface area (Å²) in [6.45, 7) is 4.45. The van der Waals surface area contributed by atoms with Crippen molar-refractivity contribution < 1.29 is 0 Å². The van der Waals surface area contributed by atoms with E-state index in [0.29, 0.717) is 5.25 Å². The lowest BCUT2D eigenvalue weighted by atomic mass is 10.1. The molecule has 0 aromatic rings. The number of rotatable bonds is 7. The van der Waals surface area contributed by atoms with Crippen LogP contribution in [0.3, 0.4) is 0 Å². The van der Waals surface area contributed by atoms with Crippen LogP contribution in [0.2, 0.25) is 0 Å². The third-order valence-corrected chi connectivity index (χ3v) is 3.79. The maximum atomic E-state index is 5.86. The minimum Gasteiger partial charge on any atom is -0.378 e. The summed E-state index contributed by atoms with van der Waals surface area (Å²) in [6.07, 6.45) is 11.0. The second kappa shape index (κ2) is 7.77. The summed E-state index contributed by atoms with van der Waals surface area (Å²) in [5, 5.41) is 1.33. The fraction of sp³-hybridized carbons (Fsp3) is 0.769. The quantitative estimate of drug-likeness (QED) is 0.681. The zero-order valence-electron chi connectivity index (χ0n) is 10.5. The van der Waals surface area contributed by atoms with Gasteiger partial charge in [0.15, 0.2) is 5.17 Å². The lowest BCUT2D eigenvalue weighted by molar-refractivity contribution is 0.677. The van der Waals surface area contributed by atoms with Crippen LogP contribution in [0.5, 0.6) is 0 Å². The van der Waals surface area contributed by atoms with Gasteiger partial charge in [0, 0.05) is 10.9 Å². The summed E-state index contributed by atoms with van der Waals surface area (Å²) >= 11 is 1.73. The molecule has 1 aliphatic rings. The number of nitrogens with two attached hydrogens (primary N) is 1. The van der Waals surface area contributed by atoms with Crippen LogP contribution < -0.4 is 5.73 Å². The summed E-state index contributed by atoms with van der Waals surface area (Å²) in [4.78, 5) is 4.42. The SMILES string of the molecule is CCCCCC1C=C(CCCC)N=C(N)S1. The van der Waals surface area contributed by atoms with Crippen molar-refractivity contribution in [3.63, 3.8) is 0 Å². The minimum absolute atomic E-state index is 0.566. The van der Waals surface area contributed by atoms with Crippen molar-refractivity contribution in [2.75, 3.05) is 0 Å². The average Bonchev–Trinajstić information content (AvgIpc) is 2.26. The first-order chi connectivity index (χ1) is 7.76. The topological polar surface area (TPSA) is 38.4 Å². The summed E-state index contributed by atoms with van der Waals surface area (Å²) in [7, 11) is 0. The Morgan fingerprint density at radius 2 is 2.00 bits per heavy atom. The molecule has 0 aromatic heterocycles. The Morgan fingerprint density at radius 1 is 1.25 bits per heavy atom. The van der Waals surface area contributed by atoms with Crippen molar-refractivity contribution in [1.82, 2.24) is 0 Å². The Hall–Kier alpha value is -0.440. The molecular formula is C13H24N2S. The number of aliphatic imine (C=N–C) groups is 1. The van der Waals surface area contributed by atoms with Crippen molar-refractivity contribution >= 4 is 16.9 Å². The van der Waals surface area contributed by atoms with E-state index in [-0.39, 0.29) is 0 Å². The molecule has 0 bridgehead atoms. The van der Waals surface area contributed by atoms with E-state index in [9.17, 15) is 0 Å². The standard InChI is InChI=1S/C13H24N2S/c1-3-5-7-9-12-10-11(8-6-4-2)15-13(14)16-12/h10,12H,3-9H2,1-2H3,(H2,14,15). The molecule has 1 atom stereocenters. The van der Waals surface area contributed by atoms with Gasteiger partial charge in [-0.3, -0.25) is 0 Å². The molecule has 0 aromatic carbocycles. The molecule has 3 heteroatoms. The Bertz CT molecular complexity index is 259. The van der Waals surface area contributed by atoms with Crippen LogP contribution in [0.15, 0.2) is 16.8 Å². The van der Waals surface area contributed by atoms with Gasteiger partial charge in [-0.1, -0.05) is 51.3 Å². The number of allylic oxidation sites excluding steroid dienone is 1. The molecule has 1 heterocycles. The lowest BCUT2D eigenvalue weighted by Gasteiger charge is -2.18. The highest BCUT2D eigenvalue weighted by atomic mass is 32.2. The van der Waals surface area contributed by atoms with Crippen LogP contribution in [0.1, 0.15) is 58.8 Å². The van der Waals surface area contributed by atoms with Crippen molar-refractivity contribution in [2.24, 2.45) is 10.7 Å². The maximum Gasteiger partial charge on any atom is 0.159 e. The maximum absolute atomic E-state index is 5.86. The monoisotopic (exact) mass is 240 g/mol. The molecule has 1 rings (SSSR count). The highest BCUT2D eigenvalue weighted by Gasteiger charge is 2.14. The van der Waals surface area contributed by atoms with E-state index in [1.165, 1.54) is 44.2 Å². The highest BCUT2D eigenvalue weighted by molar-refractivity contribution is 8.14. The number of hydrogen-bond donors (Lipinski definition) is 1. The number of unbranched alkanes of at least 4 members (excludes halogenated alkanes) is 3. The van der Waals surface area contributed by atoms with Crippen LogP contribution in [0.4, 0.5) is 0 Å². The molecule has 0 fully saturated rings. The summed E-state index contributed by atoms with van der Waals surface area (Å²) < 4.78 is 0. The fourth-order valence-electron chi connectivity index (χ4n) is 1.84. The van der Waals surface area contributed by atoms with Crippen LogP contribution in [0, 0.1) is 0 Å². The van der Waals surface area contributed by atoms with E-state index < -0.39 is 0 Å². The lowest BCUT2D eigenvalue weighted by Crippen LogP contribution is -2.17. The number of nitrogens with zero attached hydrogens (tertiary/aromatic N) is 1. The van der Waals surface area contributed by atoms with E-state index in [4.69, 9.17) is 5.73 Å². The van der Waals surface area contributed by atoms with E-state index in [2.05, 4.69) is 24.9 Å². The van der Waals surface area contributed by atoms with Gasteiger partial charge in [-0.2, -0.15) is 0 Å². The molecule has 1 aliphatic heterocycles. The van der Waals surface area contributed by atoms with E-state index in [0.717, 1.165) is 11.6 Å². The third kappa shape index (κ3) is 5.06. The molecule has 2 N–H and O–H groups in total. The van der Waals surface area contributed by atoms with Crippen molar-refractivity contribution in [3.05, 3.63) is 11.8 Å². The third-order valence-electron chi connectivity index (χ3n) is 2.78. The first-order valence-electron chi connectivity index (χ1n) is 6.47. The molecule has 0 aliphatic carbocycles. The predicted molar refractivity (Wildman–Crippen MR) is 74.8 cm³/mol. The molecule has 1 unspecified atom stereocenters. The van der Waals surface area contributed by atoms with Gasteiger partial charge in [0.2, 0.25) is 0 Å². The Morgan fingerprint density at radius 3 is 2.69 bits per heavy atom. The molecule has 16 heavy (non-hydrogen) atoms. The summed E-state index contributed by atoms with van der Waals surface area (Å²) in [6, 6.07) is 0. The molecule has 0 saturated carbocycles. The van der Waals surface area contributed by atoms with E-state index >= 15 is 0 Å². The van der Waals surface area contributed by atoms with Gasteiger partial charge in [0.25, 0.3) is 0 Å². The van der Waals surface area contributed by atoms with Crippen molar-refractivity contribution in [1.29, 1.82) is 0 Å². The number of hydrogen-bond acceptors (Lipinski definition) is 3. The molecule has 92 valence electrons. The fourth-order valence-corrected chi connectivity index (χ4v) is 2.83. The van der Waals surface area contributed by atoms with Gasteiger partial charge in [0.1, 0.15) is 0 Å². The van der Waals surface area contributed by atoms with E-state index in [1.807, 2.05) is 0 Å². The zero-order valence-corrected chi connectivity index (χ0v) is 11.4. The smallest absolute Gasteiger partial charge is 0.159 e. The molecule has 0 spiro atoms. The van der Waals surface area contributed by atoms with Crippen LogP contribution in [-0.4, -0.2) is 10.4 Å². The van der Waals surface area contributed by atoms with Crippen LogP contribution in [0.25, 0.3) is 0 Å². The van der Waals surface area contributed by atoms with Crippen LogP contribution in [-0.2, 0) is 0 Å². The van der Waals surface area contributed by atoms with Gasteiger partial charge in [-0.05, 0) is 25.3 Å².